The first-order valence-corrected chi connectivity index (χ1v) is 7.65. The molecule has 2 rings (SSSR count). The fourth-order valence-electron chi connectivity index (χ4n) is 3.27. The molecule has 1 saturated carbocycles. The maximum Gasteiger partial charge on any atom is 0.118 e. The zero-order valence-electron chi connectivity index (χ0n) is 12.8. The molecule has 0 aromatic heterocycles. The Hall–Kier alpha value is -0.660. The fourth-order valence-corrected chi connectivity index (χ4v) is 3.27. The number of rotatable bonds is 4. The van der Waals surface area contributed by atoms with Crippen LogP contribution in [0.1, 0.15) is 6.42 Å². The quantitative estimate of drug-likeness (QED) is 0.218. The van der Waals surface area contributed by atoms with Crippen molar-refractivity contribution in [3.63, 3.8) is 0 Å². The minimum absolute atomic E-state index is 0.0635. The number of aliphatic hydroxyl groups is 9. The molecule has 0 spiro atoms. The molecule has 24 heavy (non-hydrogen) atoms. The van der Waals surface area contributed by atoms with Crippen LogP contribution in [0, 0.1) is 0 Å². The number of aliphatic hydroxyl groups excluding tert-OH is 8. The zero-order valence-corrected chi connectivity index (χ0v) is 12.8. The van der Waals surface area contributed by atoms with Crippen LogP contribution in [0.3, 0.4) is 0 Å². The van der Waals surface area contributed by atoms with E-state index in [1.807, 2.05) is 0 Å². The summed E-state index contributed by atoms with van der Waals surface area (Å²) < 4.78 is 0. The van der Waals surface area contributed by atoms with E-state index in [0.29, 0.717) is 0 Å². The molecule has 10 N–H and O–H groups in total. The summed E-state index contributed by atoms with van der Waals surface area (Å²) >= 11 is 0. The molecule has 140 valence electrons. The van der Waals surface area contributed by atoms with Gasteiger partial charge < -0.3 is 51.3 Å². The molecule has 0 radical (unpaired) electrons. The fraction of sp³-hybridized carbons (Fsp3) is 0.857. The maximum atomic E-state index is 10.2. The molecule has 0 heterocycles. The molecule has 0 amide bonds. The Balaban J connectivity index is 2.21. The van der Waals surface area contributed by atoms with Crippen LogP contribution < -0.4 is 5.32 Å². The van der Waals surface area contributed by atoms with Crippen molar-refractivity contribution in [1.29, 1.82) is 0 Å². The Morgan fingerprint density at radius 2 is 1.58 bits per heavy atom. The molecular formula is C14H25NO9. The van der Waals surface area contributed by atoms with E-state index in [-0.39, 0.29) is 12.0 Å². The van der Waals surface area contributed by atoms with E-state index < -0.39 is 67.5 Å². The van der Waals surface area contributed by atoms with E-state index in [9.17, 15) is 46.0 Å². The summed E-state index contributed by atoms with van der Waals surface area (Å²) in [5.74, 6) is 0. The Morgan fingerprint density at radius 1 is 0.958 bits per heavy atom. The molecule has 10 heteroatoms. The zero-order chi connectivity index (χ0) is 18.2. The van der Waals surface area contributed by atoms with Crippen molar-refractivity contribution >= 4 is 0 Å². The summed E-state index contributed by atoms with van der Waals surface area (Å²) in [6.45, 7) is -1.42. The molecule has 10 nitrogen and oxygen atoms in total. The second kappa shape index (κ2) is 7.30. The highest BCUT2D eigenvalue weighted by molar-refractivity contribution is 5.22. The standard InChI is InChI=1S/C14H25NO9/c16-3-5-1-6(9(19)11(21)8(5)18)15-7-2-14(24,4-17)13(23)12(22)10(7)20/h1,6-13,15-24H,2-4H2/t6-,7-,8-,9-,10+,11+,12-,13-,14-/m0/s1. The summed E-state index contributed by atoms with van der Waals surface area (Å²) in [5.41, 5.74) is -1.99. The summed E-state index contributed by atoms with van der Waals surface area (Å²) in [6, 6.07) is -2.05. The van der Waals surface area contributed by atoms with Crippen LogP contribution in [0.5, 0.6) is 0 Å². The van der Waals surface area contributed by atoms with Gasteiger partial charge in [-0.15, -0.1) is 0 Å². The lowest BCUT2D eigenvalue weighted by Gasteiger charge is -2.47. The summed E-state index contributed by atoms with van der Waals surface area (Å²) in [6.07, 6.45) is -8.59. The molecule has 0 aliphatic heterocycles. The van der Waals surface area contributed by atoms with Crippen LogP contribution in [0.2, 0.25) is 0 Å². The van der Waals surface area contributed by atoms with E-state index >= 15 is 0 Å². The summed E-state index contributed by atoms with van der Waals surface area (Å²) in [4.78, 5) is 0. The van der Waals surface area contributed by atoms with Gasteiger partial charge in [0, 0.05) is 6.04 Å². The van der Waals surface area contributed by atoms with Gasteiger partial charge in [-0.1, -0.05) is 6.08 Å². The lowest BCUT2D eigenvalue weighted by molar-refractivity contribution is -0.208. The van der Waals surface area contributed by atoms with Crippen molar-refractivity contribution in [1.82, 2.24) is 5.32 Å². The molecule has 0 aromatic rings. The molecule has 2 aliphatic rings. The lowest BCUT2D eigenvalue weighted by Crippen LogP contribution is -2.69. The largest absolute Gasteiger partial charge is 0.393 e. The van der Waals surface area contributed by atoms with Crippen molar-refractivity contribution in [2.75, 3.05) is 13.2 Å². The first-order chi connectivity index (χ1) is 11.2. The second-order valence-corrected chi connectivity index (χ2v) is 6.52. The maximum absolute atomic E-state index is 10.2. The van der Waals surface area contributed by atoms with Crippen LogP contribution in [-0.2, 0) is 0 Å². The molecule has 0 bridgehead atoms. The molecule has 1 fully saturated rings. The Kier molecular flexibility index (Phi) is 5.98. The van der Waals surface area contributed by atoms with Gasteiger partial charge in [-0.3, -0.25) is 0 Å². The predicted octanol–water partition coefficient (Wildman–Crippen LogP) is -5.46. The van der Waals surface area contributed by atoms with Gasteiger partial charge in [0.1, 0.15) is 36.1 Å². The molecule has 2 aliphatic carbocycles. The third kappa shape index (κ3) is 3.35. The highest BCUT2D eigenvalue weighted by Gasteiger charge is 2.52. The highest BCUT2D eigenvalue weighted by Crippen LogP contribution is 2.31. The van der Waals surface area contributed by atoms with Gasteiger partial charge in [-0.2, -0.15) is 0 Å². The minimum atomic E-state index is -2.06. The average Bonchev–Trinajstić information content (AvgIpc) is 2.58. The van der Waals surface area contributed by atoms with Crippen LogP contribution in [0.25, 0.3) is 0 Å². The molecule has 0 unspecified atom stereocenters. The van der Waals surface area contributed by atoms with E-state index in [4.69, 9.17) is 0 Å². The predicted molar refractivity (Wildman–Crippen MR) is 78.6 cm³/mol. The number of hydrogen-bond donors (Lipinski definition) is 10. The van der Waals surface area contributed by atoms with Gasteiger partial charge >= 0.3 is 0 Å². The Morgan fingerprint density at radius 3 is 2.12 bits per heavy atom. The van der Waals surface area contributed by atoms with E-state index in [0.717, 1.165) is 0 Å². The molecule has 0 aromatic carbocycles. The minimum Gasteiger partial charge on any atom is -0.393 e. The van der Waals surface area contributed by atoms with Gasteiger partial charge in [0.2, 0.25) is 0 Å². The Bertz CT molecular complexity index is 475. The smallest absolute Gasteiger partial charge is 0.118 e. The van der Waals surface area contributed by atoms with Crippen LogP contribution in [0.4, 0.5) is 0 Å². The van der Waals surface area contributed by atoms with Crippen LogP contribution in [0.15, 0.2) is 11.6 Å². The number of nitrogens with one attached hydrogen (secondary N) is 1. The Labute approximate surface area is 137 Å². The van der Waals surface area contributed by atoms with Crippen molar-refractivity contribution < 1.29 is 46.0 Å². The van der Waals surface area contributed by atoms with Crippen molar-refractivity contribution in [2.45, 2.75) is 60.7 Å². The van der Waals surface area contributed by atoms with Gasteiger partial charge in [0.25, 0.3) is 0 Å². The van der Waals surface area contributed by atoms with Gasteiger partial charge in [-0.05, 0) is 12.0 Å². The van der Waals surface area contributed by atoms with Crippen molar-refractivity contribution in [3.8, 4) is 0 Å². The van der Waals surface area contributed by atoms with Crippen LogP contribution >= 0.6 is 0 Å². The third-order valence-electron chi connectivity index (χ3n) is 4.89. The molecule has 0 saturated heterocycles. The monoisotopic (exact) mass is 351 g/mol. The van der Waals surface area contributed by atoms with Crippen LogP contribution in [-0.4, -0.2) is 113 Å². The van der Waals surface area contributed by atoms with Gasteiger partial charge in [-0.25, -0.2) is 0 Å². The normalized spacial score (nSPS) is 49.8. The highest BCUT2D eigenvalue weighted by atomic mass is 16.4. The second-order valence-electron chi connectivity index (χ2n) is 6.52. The van der Waals surface area contributed by atoms with Gasteiger partial charge in [0.05, 0.1) is 25.4 Å². The number of hydrogen-bond acceptors (Lipinski definition) is 10. The average molecular weight is 351 g/mol. The van der Waals surface area contributed by atoms with Gasteiger partial charge in [0.15, 0.2) is 0 Å². The first kappa shape index (κ1) is 19.7. The first-order valence-electron chi connectivity index (χ1n) is 7.65. The van der Waals surface area contributed by atoms with E-state index in [2.05, 4.69) is 5.32 Å². The molecule has 9 atom stereocenters. The van der Waals surface area contributed by atoms with Crippen molar-refractivity contribution in [2.24, 2.45) is 0 Å². The summed E-state index contributed by atoms with van der Waals surface area (Å²) in [7, 11) is 0. The van der Waals surface area contributed by atoms with E-state index in [1.54, 1.807) is 0 Å². The lowest BCUT2D eigenvalue weighted by atomic mass is 9.75. The topological polar surface area (TPSA) is 194 Å². The third-order valence-corrected chi connectivity index (χ3v) is 4.89. The SMILES string of the molecule is OCC1=C[C@H](N[C@H]2C[C@](O)(CO)[C@@H](O)[C@@H](O)[C@@H]2O)[C@H](O)[C@H](O)[C@H]1O. The van der Waals surface area contributed by atoms with Crippen molar-refractivity contribution in [3.05, 3.63) is 11.6 Å². The summed E-state index contributed by atoms with van der Waals surface area (Å²) in [5, 5.41) is 90.6. The molecular weight excluding hydrogens is 326 g/mol. The van der Waals surface area contributed by atoms with E-state index in [1.165, 1.54) is 6.08 Å².